The lowest BCUT2D eigenvalue weighted by molar-refractivity contribution is -0.308. The molecule has 1 aromatic heterocycles. The van der Waals surface area contributed by atoms with Gasteiger partial charge in [0.1, 0.15) is 0 Å². The molecule has 23 heavy (non-hydrogen) atoms. The number of aromatic nitrogens is 2. The van der Waals surface area contributed by atoms with E-state index in [0.717, 1.165) is 16.7 Å². The molecule has 0 radical (unpaired) electrons. The fraction of sp³-hybridized carbons (Fsp3) is 0.167. The molecule has 0 amide bonds. The van der Waals surface area contributed by atoms with Crippen LogP contribution in [0.3, 0.4) is 0 Å². The van der Waals surface area contributed by atoms with Gasteiger partial charge in [0, 0.05) is 6.54 Å². The number of allylic oxidation sites excluding steroid dienone is 1. The number of fused-ring (bicyclic) bond motifs is 1. The zero-order valence-electron chi connectivity index (χ0n) is 11.2. The summed E-state index contributed by atoms with van der Waals surface area (Å²) >= 11 is 0. The molecule has 0 unspecified atom stereocenters. The molecule has 2 rings (SSSR count). The van der Waals surface area contributed by atoms with Crippen molar-refractivity contribution in [3.8, 4) is 0 Å². The maximum atomic E-state index is 12.7. The molecule has 0 saturated carbocycles. The first-order chi connectivity index (χ1) is 10.5. The minimum absolute atomic E-state index is 0.0427. The van der Waals surface area contributed by atoms with Crippen LogP contribution in [0.15, 0.2) is 39.7 Å². The lowest BCUT2D eigenvalue weighted by Gasteiger charge is -2.24. The standard InChI is InChI=1S/C12H10F3N2O5P/c13-12(14,15)7-2-3-9-8(6-7)16-10(18)11(19)17(9)4-1-5-23(20,21)22/h1-3,5-6H,4H2,(H,16,18)(H2,20,21,22)/p-2. The van der Waals surface area contributed by atoms with Gasteiger partial charge < -0.3 is 19.3 Å². The summed E-state index contributed by atoms with van der Waals surface area (Å²) in [4.78, 5) is 46.3. The normalized spacial score (nSPS) is 13.1. The van der Waals surface area contributed by atoms with Crippen molar-refractivity contribution in [2.24, 2.45) is 0 Å². The summed E-state index contributed by atoms with van der Waals surface area (Å²) in [7, 11) is -4.95. The summed E-state index contributed by atoms with van der Waals surface area (Å²) in [5.41, 5.74) is -3.57. The zero-order chi connectivity index (χ0) is 17.4. The molecule has 0 aliphatic rings. The molecule has 0 spiro atoms. The highest BCUT2D eigenvalue weighted by molar-refractivity contribution is 7.52. The van der Waals surface area contributed by atoms with Crippen LogP contribution in [-0.2, 0) is 17.3 Å². The molecule has 0 aliphatic carbocycles. The highest BCUT2D eigenvalue weighted by Gasteiger charge is 2.30. The van der Waals surface area contributed by atoms with Crippen LogP contribution in [0, 0.1) is 0 Å². The molecule has 0 atom stereocenters. The molecular weight excluding hydrogens is 340 g/mol. The lowest BCUT2D eigenvalue weighted by atomic mass is 10.2. The molecule has 11 heteroatoms. The molecule has 7 nitrogen and oxygen atoms in total. The van der Waals surface area contributed by atoms with E-state index in [9.17, 15) is 37.1 Å². The van der Waals surface area contributed by atoms with Crippen LogP contribution in [0.5, 0.6) is 0 Å². The first-order valence-corrected chi connectivity index (χ1v) is 7.64. The Morgan fingerprint density at radius 1 is 1.26 bits per heavy atom. The van der Waals surface area contributed by atoms with E-state index >= 15 is 0 Å². The Morgan fingerprint density at radius 2 is 1.91 bits per heavy atom. The molecule has 2 aromatic rings. The van der Waals surface area contributed by atoms with Crippen LogP contribution < -0.4 is 20.9 Å². The molecule has 1 aromatic carbocycles. The van der Waals surface area contributed by atoms with E-state index in [1.807, 2.05) is 4.98 Å². The van der Waals surface area contributed by atoms with Crippen molar-refractivity contribution in [1.82, 2.24) is 9.55 Å². The largest absolute Gasteiger partial charge is 0.808 e. The monoisotopic (exact) mass is 348 g/mol. The van der Waals surface area contributed by atoms with Crippen molar-refractivity contribution in [3.05, 3.63) is 56.4 Å². The number of rotatable bonds is 3. The van der Waals surface area contributed by atoms with Crippen LogP contribution in [0.2, 0.25) is 0 Å². The second-order valence-electron chi connectivity index (χ2n) is 4.52. The van der Waals surface area contributed by atoms with Crippen molar-refractivity contribution >= 4 is 18.6 Å². The van der Waals surface area contributed by atoms with E-state index in [2.05, 4.69) is 0 Å². The average Bonchev–Trinajstić information content (AvgIpc) is 2.40. The minimum atomic E-state index is -4.95. The first kappa shape index (κ1) is 17.2. The van der Waals surface area contributed by atoms with Crippen molar-refractivity contribution < 1.29 is 27.5 Å². The van der Waals surface area contributed by atoms with Crippen molar-refractivity contribution in [2.75, 3.05) is 0 Å². The van der Waals surface area contributed by atoms with E-state index in [4.69, 9.17) is 0 Å². The highest BCUT2D eigenvalue weighted by Crippen LogP contribution is 2.30. The third-order valence-electron chi connectivity index (χ3n) is 2.88. The fourth-order valence-corrected chi connectivity index (χ4v) is 2.27. The Labute approximate surface area is 125 Å². The van der Waals surface area contributed by atoms with Gasteiger partial charge in [-0.05, 0) is 25.8 Å². The molecule has 0 aliphatic heterocycles. The number of H-pyrrole nitrogens is 1. The minimum Gasteiger partial charge on any atom is -0.808 e. The molecular formula is C12H8F3N2O5P-2. The van der Waals surface area contributed by atoms with Gasteiger partial charge in [0.25, 0.3) is 0 Å². The Morgan fingerprint density at radius 3 is 2.48 bits per heavy atom. The molecule has 0 fully saturated rings. The van der Waals surface area contributed by atoms with Crippen molar-refractivity contribution in [3.63, 3.8) is 0 Å². The van der Waals surface area contributed by atoms with Gasteiger partial charge in [0.2, 0.25) is 0 Å². The predicted molar refractivity (Wildman–Crippen MR) is 70.6 cm³/mol. The predicted octanol–water partition coefficient (Wildman–Crippen LogP) is 0.136. The summed E-state index contributed by atoms with van der Waals surface area (Å²) < 4.78 is 49.2. The van der Waals surface area contributed by atoms with Gasteiger partial charge in [0.05, 0.1) is 16.6 Å². The number of hydrogen-bond acceptors (Lipinski definition) is 5. The average molecular weight is 348 g/mol. The van der Waals surface area contributed by atoms with E-state index in [1.165, 1.54) is 0 Å². The van der Waals surface area contributed by atoms with E-state index in [1.54, 1.807) is 0 Å². The van der Waals surface area contributed by atoms with E-state index in [0.29, 0.717) is 17.9 Å². The fourth-order valence-electron chi connectivity index (χ4n) is 1.92. The Hall–Kier alpha value is -2.16. The second kappa shape index (κ2) is 5.80. The van der Waals surface area contributed by atoms with E-state index < -0.39 is 37.0 Å². The molecule has 0 saturated heterocycles. The number of hydrogen-bond donors (Lipinski definition) is 1. The van der Waals surface area contributed by atoms with Crippen molar-refractivity contribution in [2.45, 2.75) is 12.7 Å². The van der Waals surface area contributed by atoms with Gasteiger partial charge in [-0.3, -0.25) is 14.2 Å². The highest BCUT2D eigenvalue weighted by atomic mass is 31.2. The number of nitrogens with zero attached hydrogens (tertiary/aromatic N) is 1. The van der Waals surface area contributed by atoms with Gasteiger partial charge in [-0.1, -0.05) is 11.9 Å². The van der Waals surface area contributed by atoms with Crippen LogP contribution in [0.4, 0.5) is 13.2 Å². The number of halogens is 3. The number of benzene rings is 1. The van der Waals surface area contributed by atoms with Gasteiger partial charge in [0.15, 0.2) is 0 Å². The van der Waals surface area contributed by atoms with Crippen LogP contribution >= 0.6 is 7.60 Å². The van der Waals surface area contributed by atoms with Crippen molar-refractivity contribution in [1.29, 1.82) is 0 Å². The number of alkyl halides is 3. The lowest BCUT2D eigenvalue weighted by Crippen LogP contribution is -2.36. The summed E-state index contributed by atoms with van der Waals surface area (Å²) in [6.45, 7) is -0.459. The second-order valence-corrected chi connectivity index (χ2v) is 5.90. The third-order valence-corrected chi connectivity index (χ3v) is 3.45. The maximum absolute atomic E-state index is 12.7. The van der Waals surface area contributed by atoms with Gasteiger partial charge in [-0.2, -0.15) is 13.2 Å². The smallest absolute Gasteiger partial charge is 0.416 e. The topological polar surface area (TPSA) is 118 Å². The first-order valence-electron chi connectivity index (χ1n) is 6.02. The van der Waals surface area contributed by atoms with Gasteiger partial charge in [-0.15, -0.1) is 0 Å². The Bertz CT molecular complexity index is 938. The SMILES string of the molecule is O=c1[nH]c2cc(C(F)(F)F)ccc2n(CC=CP(=O)([O-])[O-])c1=O. The summed E-state index contributed by atoms with van der Waals surface area (Å²) in [5, 5.41) is 0. The number of aromatic amines is 1. The zero-order valence-corrected chi connectivity index (χ0v) is 12.1. The Kier molecular flexibility index (Phi) is 4.34. The van der Waals surface area contributed by atoms with Crippen LogP contribution in [-0.4, -0.2) is 9.55 Å². The van der Waals surface area contributed by atoms with Gasteiger partial charge in [-0.25, -0.2) is 0 Å². The quantitative estimate of drug-likeness (QED) is 0.625. The van der Waals surface area contributed by atoms with Gasteiger partial charge >= 0.3 is 17.3 Å². The summed E-state index contributed by atoms with van der Waals surface area (Å²) in [6, 6.07) is 2.34. The summed E-state index contributed by atoms with van der Waals surface area (Å²) in [6.07, 6.45) is -3.80. The van der Waals surface area contributed by atoms with Crippen LogP contribution in [0.25, 0.3) is 11.0 Å². The molecule has 1 heterocycles. The summed E-state index contributed by atoms with van der Waals surface area (Å²) in [5.74, 6) is 0.316. The molecule has 124 valence electrons. The molecule has 1 N–H and O–H groups in total. The third kappa shape index (κ3) is 3.98. The number of nitrogens with one attached hydrogen (secondary N) is 1. The Balaban J connectivity index is 2.62. The van der Waals surface area contributed by atoms with Crippen LogP contribution in [0.1, 0.15) is 5.56 Å². The maximum Gasteiger partial charge on any atom is 0.416 e. The molecule has 0 bridgehead atoms. The van der Waals surface area contributed by atoms with E-state index in [-0.39, 0.29) is 11.0 Å².